The second-order valence-corrected chi connectivity index (χ2v) is 6.28. The van der Waals surface area contributed by atoms with Gasteiger partial charge in [-0.1, -0.05) is 30.3 Å². The first-order valence-corrected chi connectivity index (χ1v) is 7.97. The molecule has 96 valence electrons. The lowest BCUT2D eigenvalue weighted by Gasteiger charge is -2.21. The number of aromatic nitrogens is 1. The molecule has 2 aromatic rings. The molecule has 0 saturated heterocycles. The summed E-state index contributed by atoms with van der Waals surface area (Å²) in [4.78, 5) is 4.32. The van der Waals surface area contributed by atoms with Crippen LogP contribution >= 0.6 is 34.7 Å². The SMILES string of the molecule is CCC(N)C(Sc1ncccc1Cl)c1ccsc1. The fourth-order valence-corrected chi connectivity index (χ4v) is 3.86. The largest absolute Gasteiger partial charge is 0.326 e. The predicted molar refractivity (Wildman–Crippen MR) is 80.4 cm³/mol. The van der Waals surface area contributed by atoms with Crippen molar-refractivity contribution >= 4 is 34.7 Å². The van der Waals surface area contributed by atoms with Gasteiger partial charge in [0, 0.05) is 12.2 Å². The highest BCUT2D eigenvalue weighted by atomic mass is 35.5. The molecule has 0 aliphatic carbocycles. The van der Waals surface area contributed by atoms with Gasteiger partial charge in [-0.25, -0.2) is 4.98 Å². The molecular formula is C13H15ClN2S2. The van der Waals surface area contributed by atoms with Crippen LogP contribution in [0, 0.1) is 0 Å². The van der Waals surface area contributed by atoms with Gasteiger partial charge in [-0.15, -0.1) is 0 Å². The van der Waals surface area contributed by atoms with E-state index < -0.39 is 0 Å². The molecule has 18 heavy (non-hydrogen) atoms. The van der Waals surface area contributed by atoms with E-state index in [-0.39, 0.29) is 11.3 Å². The predicted octanol–water partition coefficient (Wildman–Crippen LogP) is 4.37. The molecule has 2 atom stereocenters. The Balaban J connectivity index is 2.24. The van der Waals surface area contributed by atoms with Crippen LogP contribution in [0.2, 0.25) is 5.02 Å². The maximum Gasteiger partial charge on any atom is 0.115 e. The molecule has 0 spiro atoms. The lowest BCUT2D eigenvalue weighted by molar-refractivity contribution is 0.634. The smallest absolute Gasteiger partial charge is 0.115 e. The van der Waals surface area contributed by atoms with Crippen molar-refractivity contribution in [2.45, 2.75) is 29.7 Å². The highest BCUT2D eigenvalue weighted by Crippen LogP contribution is 2.40. The number of hydrogen-bond acceptors (Lipinski definition) is 4. The average Bonchev–Trinajstić information content (AvgIpc) is 2.90. The topological polar surface area (TPSA) is 38.9 Å². The van der Waals surface area contributed by atoms with Crippen molar-refractivity contribution in [1.82, 2.24) is 4.98 Å². The summed E-state index contributed by atoms with van der Waals surface area (Å²) in [5.74, 6) is 0. The first kappa shape index (κ1) is 13.9. The maximum absolute atomic E-state index is 6.22. The van der Waals surface area contributed by atoms with Crippen molar-refractivity contribution in [2.24, 2.45) is 5.73 Å². The molecule has 2 rings (SSSR count). The van der Waals surface area contributed by atoms with Crippen molar-refractivity contribution < 1.29 is 0 Å². The van der Waals surface area contributed by atoms with Crippen molar-refractivity contribution in [3.05, 3.63) is 45.7 Å². The zero-order chi connectivity index (χ0) is 13.0. The molecule has 0 radical (unpaired) electrons. The van der Waals surface area contributed by atoms with Gasteiger partial charge in [-0.2, -0.15) is 11.3 Å². The van der Waals surface area contributed by atoms with Gasteiger partial charge in [0.15, 0.2) is 0 Å². The quantitative estimate of drug-likeness (QED) is 0.833. The Kier molecular flexibility index (Phi) is 5.06. The fourth-order valence-electron chi connectivity index (χ4n) is 1.63. The normalized spacial score (nSPS) is 14.4. The van der Waals surface area contributed by atoms with E-state index in [9.17, 15) is 0 Å². The van der Waals surface area contributed by atoms with Crippen LogP contribution in [-0.4, -0.2) is 11.0 Å². The summed E-state index contributed by atoms with van der Waals surface area (Å²) < 4.78 is 0. The summed E-state index contributed by atoms with van der Waals surface area (Å²) >= 11 is 9.49. The zero-order valence-corrected chi connectivity index (χ0v) is 12.4. The number of halogens is 1. The first-order valence-electron chi connectivity index (χ1n) is 5.77. The van der Waals surface area contributed by atoms with E-state index in [0.717, 1.165) is 11.4 Å². The average molecular weight is 299 g/mol. The third-order valence-corrected chi connectivity index (χ3v) is 5.24. The Hall–Kier alpha value is -0.550. The second kappa shape index (κ2) is 6.57. The molecule has 2 N–H and O–H groups in total. The Labute approximate surface area is 121 Å². The Morgan fingerprint density at radius 2 is 2.33 bits per heavy atom. The molecule has 2 unspecified atom stereocenters. The monoisotopic (exact) mass is 298 g/mol. The van der Waals surface area contributed by atoms with Crippen LogP contribution < -0.4 is 5.73 Å². The van der Waals surface area contributed by atoms with Crippen molar-refractivity contribution in [2.75, 3.05) is 0 Å². The minimum atomic E-state index is 0.0997. The minimum absolute atomic E-state index is 0.0997. The molecule has 0 fully saturated rings. The van der Waals surface area contributed by atoms with Crippen LogP contribution in [0.3, 0.4) is 0 Å². The molecule has 0 aliphatic heterocycles. The van der Waals surface area contributed by atoms with Crippen LogP contribution in [-0.2, 0) is 0 Å². The number of nitrogens with two attached hydrogens (primary N) is 1. The molecule has 5 heteroatoms. The number of hydrogen-bond donors (Lipinski definition) is 1. The number of pyridine rings is 1. The Morgan fingerprint density at radius 3 is 2.94 bits per heavy atom. The molecule has 2 heterocycles. The van der Waals surface area contributed by atoms with E-state index in [2.05, 4.69) is 28.7 Å². The van der Waals surface area contributed by atoms with Crippen molar-refractivity contribution in [1.29, 1.82) is 0 Å². The highest BCUT2D eigenvalue weighted by Gasteiger charge is 2.21. The molecule has 0 bridgehead atoms. The van der Waals surface area contributed by atoms with E-state index in [0.29, 0.717) is 5.02 Å². The summed E-state index contributed by atoms with van der Waals surface area (Å²) in [5, 5.41) is 5.95. The summed E-state index contributed by atoms with van der Waals surface area (Å²) in [6, 6.07) is 5.92. The number of thiophene rings is 1. The van der Waals surface area contributed by atoms with Gasteiger partial charge in [0.1, 0.15) is 5.03 Å². The number of thioether (sulfide) groups is 1. The third kappa shape index (κ3) is 3.26. The maximum atomic E-state index is 6.22. The lowest BCUT2D eigenvalue weighted by atomic mass is 10.1. The lowest BCUT2D eigenvalue weighted by Crippen LogP contribution is -2.25. The molecule has 2 nitrogen and oxygen atoms in total. The van der Waals surface area contributed by atoms with Gasteiger partial charge in [0.25, 0.3) is 0 Å². The number of rotatable bonds is 5. The standard InChI is InChI=1S/C13H15ClN2S2/c1-2-11(15)12(9-5-7-17-8-9)18-13-10(14)4-3-6-16-13/h3-8,11-12H,2,15H2,1H3. The Bertz CT molecular complexity index is 487. The van der Waals surface area contributed by atoms with Gasteiger partial charge in [0.2, 0.25) is 0 Å². The first-order chi connectivity index (χ1) is 8.72. The Morgan fingerprint density at radius 1 is 1.50 bits per heavy atom. The van der Waals surface area contributed by atoms with E-state index in [4.69, 9.17) is 17.3 Å². The van der Waals surface area contributed by atoms with Crippen LogP contribution in [0.15, 0.2) is 40.2 Å². The van der Waals surface area contributed by atoms with Crippen molar-refractivity contribution in [3.63, 3.8) is 0 Å². The van der Waals surface area contributed by atoms with E-state index in [1.54, 1.807) is 29.3 Å². The van der Waals surface area contributed by atoms with E-state index in [1.807, 2.05) is 12.1 Å². The van der Waals surface area contributed by atoms with Gasteiger partial charge >= 0.3 is 0 Å². The highest BCUT2D eigenvalue weighted by molar-refractivity contribution is 7.99. The molecule has 0 saturated carbocycles. The van der Waals surface area contributed by atoms with Crippen LogP contribution in [0.4, 0.5) is 0 Å². The van der Waals surface area contributed by atoms with Gasteiger partial charge < -0.3 is 5.73 Å². The van der Waals surface area contributed by atoms with Gasteiger partial charge in [-0.3, -0.25) is 0 Å². The summed E-state index contributed by atoms with van der Waals surface area (Å²) in [6.45, 7) is 2.10. The molecule has 0 amide bonds. The van der Waals surface area contributed by atoms with Gasteiger partial charge in [-0.05, 0) is 40.9 Å². The number of nitrogens with zero attached hydrogens (tertiary/aromatic N) is 1. The third-order valence-electron chi connectivity index (χ3n) is 2.70. The molecule has 2 aromatic heterocycles. The fraction of sp³-hybridized carbons (Fsp3) is 0.308. The summed E-state index contributed by atoms with van der Waals surface area (Å²) in [5.41, 5.74) is 7.47. The minimum Gasteiger partial charge on any atom is -0.326 e. The second-order valence-electron chi connectivity index (χ2n) is 3.96. The summed E-state index contributed by atoms with van der Waals surface area (Å²) in [7, 11) is 0. The summed E-state index contributed by atoms with van der Waals surface area (Å²) in [6.07, 6.45) is 2.69. The van der Waals surface area contributed by atoms with Crippen molar-refractivity contribution in [3.8, 4) is 0 Å². The molecule has 0 aliphatic rings. The van der Waals surface area contributed by atoms with E-state index in [1.165, 1.54) is 5.56 Å². The van der Waals surface area contributed by atoms with Gasteiger partial charge in [0.05, 0.1) is 10.3 Å². The molecule has 0 aromatic carbocycles. The molecular weight excluding hydrogens is 284 g/mol. The van der Waals surface area contributed by atoms with E-state index >= 15 is 0 Å². The van der Waals surface area contributed by atoms with Crippen LogP contribution in [0.1, 0.15) is 24.2 Å². The van der Waals surface area contributed by atoms with Crippen LogP contribution in [0.25, 0.3) is 0 Å². The van der Waals surface area contributed by atoms with Crippen LogP contribution in [0.5, 0.6) is 0 Å². The zero-order valence-electron chi connectivity index (χ0n) is 10.0.